The molecule has 1 amide bonds. The van der Waals surface area contributed by atoms with Crippen LogP contribution in [0, 0.1) is 11.8 Å². The normalized spacial score (nSPS) is 16.1. The van der Waals surface area contributed by atoms with Crippen molar-refractivity contribution in [3.63, 3.8) is 0 Å². The lowest BCUT2D eigenvalue weighted by Gasteiger charge is -2.33. The molecule has 1 N–H and O–H groups in total. The van der Waals surface area contributed by atoms with Crippen molar-refractivity contribution in [2.75, 3.05) is 38.1 Å². The number of rotatable bonds is 6. The lowest BCUT2D eigenvalue weighted by Crippen LogP contribution is -2.37. The molecule has 1 fully saturated rings. The minimum absolute atomic E-state index is 0.0790. The molecule has 3 aromatic carbocycles. The zero-order valence-electron chi connectivity index (χ0n) is 19.9. The van der Waals surface area contributed by atoms with Gasteiger partial charge in [-0.1, -0.05) is 54.3 Å². The van der Waals surface area contributed by atoms with Crippen molar-refractivity contribution in [3.8, 4) is 11.8 Å². The van der Waals surface area contributed by atoms with Crippen LogP contribution >= 0.6 is 0 Å². The minimum Gasteiger partial charge on any atom is -0.371 e. The van der Waals surface area contributed by atoms with Gasteiger partial charge in [0.05, 0.1) is 0 Å². The first-order valence-corrected chi connectivity index (χ1v) is 12.0. The van der Waals surface area contributed by atoms with Gasteiger partial charge in [-0.05, 0) is 61.5 Å². The summed E-state index contributed by atoms with van der Waals surface area (Å²) in [6.07, 6.45) is 3.12. The highest BCUT2D eigenvalue weighted by Crippen LogP contribution is 2.22. The van der Waals surface area contributed by atoms with E-state index in [-0.39, 0.29) is 5.91 Å². The number of nitrogens with zero attached hydrogens (tertiary/aromatic N) is 3. The highest BCUT2D eigenvalue weighted by Gasteiger charge is 2.30. The number of anilines is 1. The number of carbonyl (C=O) groups excluding carboxylic acids is 1. The van der Waals surface area contributed by atoms with Crippen LogP contribution in [-0.4, -0.2) is 49.9 Å². The van der Waals surface area contributed by atoms with E-state index in [9.17, 15) is 4.79 Å². The molecule has 5 rings (SSSR count). The van der Waals surface area contributed by atoms with Gasteiger partial charge in [0, 0.05) is 48.6 Å². The molecule has 3 aromatic rings. The summed E-state index contributed by atoms with van der Waals surface area (Å²) in [4.78, 5) is 21.9. The maximum absolute atomic E-state index is 13.1. The van der Waals surface area contributed by atoms with Crippen LogP contribution in [0.3, 0.4) is 0 Å². The van der Waals surface area contributed by atoms with Gasteiger partial charge in [0.25, 0.3) is 5.91 Å². The summed E-state index contributed by atoms with van der Waals surface area (Å²) in [5, 5.41) is 3.11. The number of amidine groups is 1. The third-order valence-electron chi connectivity index (χ3n) is 6.22. The topological polar surface area (TPSA) is 47.9 Å². The van der Waals surface area contributed by atoms with Crippen LogP contribution in [-0.2, 0) is 4.79 Å². The average Bonchev–Trinajstić information content (AvgIpc) is 3.17. The molecule has 0 atom stereocenters. The number of aliphatic imine (C=N–C) groups is 1. The Kier molecular flexibility index (Phi) is 6.74. The van der Waals surface area contributed by atoms with Crippen molar-refractivity contribution in [2.24, 2.45) is 4.99 Å². The molecule has 0 aliphatic carbocycles. The van der Waals surface area contributed by atoms with E-state index in [4.69, 9.17) is 4.99 Å². The summed E-state index contributed by atoms with van der Waals surface area (Å²) in [7, 11) is 1.88. The number of hydrogen-bond acceptors (Lipinski definition) is 4. The second-order valence-electron chi connectivity index (χ2n) is 8.65. The predicted molar refractivity (Wildman–Crippen MR) is 142 cm³/mol. The maximum atomic E-state index is 13.1. The second-order valence-corrected chi connectivity index (χ2v) is 8.65. The van der Waals surface area contributed by atoms with Gasteiger partial charge in [-0.2, -0.15) is 0 Å². The molecule has 2 aliphatic rings. The van der Waals surface area contributed by atoms with Crippen LogP contribution in [0.5, 0.6) is 0 Å². The van der Waals surface area contributed by atoms with E-state index >= 15 is 0 Å². The smallest absolute Gasteiger partial charge is 0.278 e. The lowest BCUT2D eigenvalue weighted by molar-refractivity contribution is -0.122. The van der Waals surface area contributed by atoms with E-state index in [1.165, 1.54) is 12.1 Å². The van der Waals surface area contributed by atoms with Gasteiger partial charge in [-0.15, -0.1) is 0 Å². The number of amides is 1. The van der Waals surface area contributed by atoms with Gasteiger partial charge in [0.1, 0.15) is 11.5 Å². The molecule has 0 aromatic heterocycles. The van der Waals surface area contributed by atoms with Crippen molar-refractivity contribution < 1.29 is 4.79 Å². The number of likely N-dealkylation sites (N-methyl/N-ethyl adjacent to an activating group) is 1. The fourth-order valence-electron chi connectivity index (χ4n) is 4.08. The Morgan fingerprint density at radius 1 is 0.914 bits per heavy atom. The average molecular weight is 461 g/mol. The van der Waals surface area contributed by atoms with Crippen molar-refractivity contribution in [2.45, 2.75) is 6.42 Å². The predicted octanol–water partition coefficient (Wildman–Crippen LogP) is 4.15. The molecule has 0 spiro atoms. The summed E-state index contributed by atoms with van der Waals surface area (Å²) in [5.74, 6) is 7.09. The number of hydrogen-bond donors (Lipinski definition) is 1. The second kappa shape index (κ2) is 10.4. The highest BCUT2D eigenvalue weighted by molar-refractivity contribution is 6.19. The first kappa shape index (κ1) is 22.6. The molecule has 1 saturated heterocycles. The molecule has 0 bridgehead atoms. The third kappa shape index (κ3) is 5.18. The van der Waals surface area contributed by atoms with Gasteiger partial charge >= 0.3 is 0 Å². The van der Waals surface area contributed by atoms with E-state index in [0.717, 1.165) is 35.3 Å². The summed E-state index contributed by atoms with van der Waals surface area (Å²) in [5.41, 5.74) is 5.50. The molecule has 0 radical (unpaired) electrons. The Bertz CT molecular complexity index is 1310. The van der Waals surface area contributed by atoms with Crippen molar-refractivity contribution in [1.29, 1.82) is 0 Å². The molecule has 174 valence electrons. The standard InChI is InChI=1S/C30H28N4O/c1-31-18-21-34-29(26-6-3-2-4-7-26)32-28(30(34)35)22-25-12-10-23(11-13-25)8-9-24-14-16-27(17-15-24)33-19-5-20-33/h2-4,6-7,10-17,22,31H,5,18-21H2,1H3/b28-22-. The Morgan fingerprint density at radius 3 is 2.17 bits per heavy atom. The van der Waals surface area contributed by atoms with Crippen LogP contribution in [0.2, 0.25) is 0 Å². The summed E-state index contributed by atoms with van der Waals surface area (Å²) in [6, 6.07) is 26.2. The molecular formula is C30H28N4O. The molecule has 35 heavy (non-hydrogen) atoms. The van der Waals surface area contributed by atoms with E-state index in [0.29, 0.717) is 24.6 Å². The quantitative estimate of drug-likeness (QED) is 0.444. The van der Waals surface area contributed by atoms with Gasteiger partial charge < -0.3 is 10.2 Å². The molecular weight excluding hydrogens is 432 g/mol. The molecule has 2 aliphatic heterocycles. The summed E-state index contributed by atoms with van der Waals surface area (Å²) < 4.78 is 0. The Hall–Kier alpha value is -4.14. The zero-order chi connectivity index (χ0) is 24.0. The van der Waals surface area contributed by atoms with E-state index in [1.54, 1.807) is 4.90 Å². The van der Waals surface area contributed by atoms with Crippen LogP contribution < -0.4 is 10.2 Å². The summed E-state index contributed by atoms with van der Waals surface area (Å²) in [6.45, 7) is 3.55. The maximum Gasteiger partial charge on any atom is 0.278 e. The number of nitrogens with one attached hydrogen (secondary N) is 1. The molecule has 2 heterocycles. The van der Waals surface area contributed by atoms with E-state index < -0.39 is 0 Å². The monoisotopic (exact) mass is 460 g/mol. The Morgan fingerprint density at radius 2 is 1.57 bits per heavy atom. The molecule has 0 unspecified atom stereocenters. The lowest BCUT2D eigenvalue weighted by atomic mass is 10.1. The van der Waals surface area contributed by atoms with Crippen LogP contribution in [0.25, 0.3) is 6.08 Å². The molecule has 5 heteroatoms. The molecule has 0 saturated carbocycles. The minimum atomic E-state index is -0.0790. The van der Waals surface area contributed by atoms with Gasteiger partial charge in [-0.3, -0.25) is 9.69 Å². The van der Waals surface area contributed by atoms with Crippen molar-refractivity contribution >= 4 is 23.5 Å². The Balaban J connectivity index is 1.32. The number of carbonyl (C=O) groups is 1. The zero-order valence-corrected chi connectivity index (χ0v) is 19.9. The summed E-state index contributed by atoms with van der Waals surface area (Å²) >= 11 is 0. The van der Waals surface area contributed by atoms with Crippen LogP contribution in [0.4, 0.5) is 5.69 Å². The number of benzene rings is 3. The molecule has 5 nitrogen and oxygen atoms in total. The highest BCUT2D eigenvalue weighted by atomic mass is 16.2. The van der Waals surface area contributed by atoms with Crippen molar-refractivity contribution in [3.05, 3.63) is 107 Å². The Labute approximate surface area is 206 Å². The van der Waals surface area contributed by atoms with Gasteiger partial charge in [0.2, 0.25) is 0 Å². The fourth-order valence-corrected chi connectivity index (χ4v) is 4.08. The largest absolute Gasteiger partial charge is 0.371 e. The van der Waals surface area contributed by atoms with Gasteiger partial charge in [-0.25, -0.2) is 4.99 Å². The van der Waals surface area contributed by atoms with E-state index in [2.05, 4.69) is 46.3 Å². The fraction of sp³-hybridized carbons (Fsp3) is 0.200. The SMILES string of the molecule is CNCCN1C(=O)/C(=C/c2ccc(C#Cc3ccc(N4CCC4)cc3)cc2)N=C1c1ccccc1. The first-order valence-electron chi connectivity index (χ1n) is 12.0. The van der Waals surface area contributed by atoms with Crippen LogP contribution in [0.15, 0.2) is 89.6 Å². The van der Waals surface area contributed by atoms with E-state index in [1.807, 2.05) is 67.7 Å². The van der Waals surface area contributed by atoms with Gasteiger partial charge in [0.15, 0.2) is 0 Å². The first-order chi connectivity index (χ1) is 17.2. The van der Waals surface area contributed by atoms with Crippen LogP contribution in [0.1, 0.15) is 28.7 Å². The third-order valence-corrected chi connectivity index (χ3v) is 6.22. The van der Waals surface area contributed by atoms with Crippen molar-refractivity contribution in [1.82, 2.24) is 10.2 Å².